The number of hydrogen-bond acceptors (Lipinski definition) is 4. The molecule has 0 fully saturated rings. The Bertz CT molecular complexity index is 537. The standard InChI is InChI=1S/C17H23NO3/c1-4-18-14(12-15-6-5-9-21-15)10-13-7-8-16(19-2)17(11-13)20-3/h5-9,11,14,18H,4,10,12H2,1-3H3. The largest absolute Gasteiger partial charge is 0.493 e. The lowest BCUT2D eigenvalue weighted by molar-refractivity contribution is 0.354. The maximum atomic E-state index is 5.44. The van der Waals surface area contributed by atoms with Gasteiger partial charge in [-0.1, -0.05) is 13.0 Å². The third kappa shape index (κ3) is 4.26. The van der Waals surface area contributed by atoms with Gasteiger partial charge in [-0.2, -0.15) is 0 Å². The van der Waals surface area contributed by atoms with E-state index in [1.165, 1.54) is 5.56 Å². The highest BCUT2D eigenvalue weighted by molar-refractivity contribution is 5.43. The fourth-order valence-electron chi connectivity index (χ4n) is 2.47. The van der Waals surface area contributed by atoms with Crippen molar-refractivity contribution < 1.29 is 13.9 Å². The Morgan fingerprint density at radius 1 is 1.10 bits per heavy atom. The van der Waals surface area contributed by atoms with Gasteiger partial charge in [0.25, 0.3) is 0 Å². The summed E-state index contributed by atoms with van der Waals surface area (Å²) in [7, 11) is 3.31. The molecule has 0 bridgehead atoms. The molecule has 2 rings (SSSR count). The van der Waals surface area contributed by atoms with E-state index in [1.54, 1.807) is 20.5 Å². The predicted molar refractivity (Wildman–Crippen MR) is 83.1 cm³/mol. The van der Waals surface area contributed by atoms with Gasteiger partial charge < -0.3 is 19.2 Å². The van der Waals surface area contributed by atoms with Crippen LogP contribution in [0.3, 0.4) is 0 Å². The molecule has 4 heteroatoms. The lowest BCUT2D eigenvalue weighted by atomic mass is 10.0. The minimum atomic E-state index is 0.333. The van der Waals surface area contributed by atoms with Crippen molar-refractivity contribution in [2.75, 3.05) is 20.8 Å². The second-order valence-electron chi connectivity index (χ2n) is 4.93. The maximum absolute atomic E-state index is 5.44. The first kappa shape index (κ1) is 15.4. The van der Waals surface area contributed by atoms with Gasteiger partial charge in [-0.05, 0) is 42.8 Å². The van der Waals surface area contributed by atoms with Crippen molar-refractivity contribution in [3.63, 3.8) is 0 Å². The summed E-state index contributed by atoms with van der Waals surface area (Å²) in [5.41, 5.74) is 1.21. The summed E-state index contributed by atoms with van der Waals surface area (Å²) in [6.45, 7) is 3.04. The molecule has 1 aromatic carbocycles. The van der Waals surface area contributed by atoms with Crippen LogP contribution in [0.25, 0.3) is 0 Å². The van der Waals surface area contributed by atoms with Crippen molar-refractivity contribution in [2.24, 2.45) is 0 Å². The Labute approximate surface area is 126 Å². The zero-order chi connectivity index (χ0) is 15.1. The van der Waals surface area contributed by atoms with Crippen molar-refractivity contribution in [2.45, 2.75) is 25.8 Å². The molecule has 4 nitrogen and oxygen atoms in total. The van der Waals surface area contributed by atoms with Crippen molar-refractivity contribution in [3.8, 4) is 11.5 Å². The molecule has 1 N–H and O–H groups in total. The number of ether oxygens (including phenoxy) is 2. The number of rotatable bonds is 8. The summed E-state index contributed by atoms with van der Waals surface area (Å²) in [5.74, 6) is 2.52. The summed E-state index contributed by atoms with van der Waals surface area (Å²) in [6, 6.07) is 10.3. The van der Waals surface area contributed by atoms with Gasteiger partial charge in [0.15, 0.2) is 11.5 Å². The van der Waals surface area contributed by atoms with E-state index in [4.69, 9.17) is 13.9 Å². The average molecular weight is 289 g/mol. The van der Waals surface area contributed by atoms with Gasteiger partial charge in [-0.15, -0.1) is 0 Å². The SMILES string of the molecule is CCNC(Cc1ccc(OC)c(OC)c1)Cc1ccco1. The molecule has 0 radical (unpaired) electrons. The number of likely N-dealkylation sites (N-methyl/N-ethyl adjacent to an activating group) is 1. The third-order valence-corrected chi connectivity index (χ3v) is 3.45. The van der Waals surface area contributed by atoms with E-state index in [2.05, 4.69) is 18.3 Å². The van der Waals surface area contributed by atoms with Crippen LogP contribution < -0.4 is 14.8 Å². The van der Waals surface area contributed by atoms with E-state index in [0.29, 0.717) is 6.04 Å². The molecule has 0 saturated heterocycles. The second kappa shape index (κ2) is 7.74. The molecule has 2 aromatic rings. The van der Waals surface area contributed by atoms with E-state index >= 15 is 0 Å². The number of nitrogens with one attached hydrogen (secondary N) is 1. The molecule has 21 heavy (non-hydrogen) atoms. The zero-order valence-corrected chi connectivity index (χ0v) is 12.9. The molecular weight excluding hydrogens is 266 g/mol. The number of methoxy groups -OCH3 is 2. The summed E-state index contributed by atoms with van der Waals surface area (Å²) in [6.07, 6.45) is 3.50. The smallest absolute Gasteiger partial charge is 0.160 e. The van der Waals surface area contributed by atoms with E-state index in [9.17, 15) is 0 Å². The Morgan fingerprint density at radius 2 is 1.90 bits per heavy atom. The quantitative estimate of drug-likeness (QED) is 0.811. The highest BCUT2D eigenvalue weighted by Crippen LogP contribution is 2.28. The normalized spacial score (nSPS) is 12.1. The first-order valence-corrected chi connectivity index (χ1v) is 7.23. The summed E-state index contributed by atoms with van der Waals surface area (Å²) < 4.78 is 16.1. The van der Waals surface area contributed by atoms with Crippen LogP contribution in [-0.2, 0) is 12.8 Å². The van der Waals surface area contributed by atoms with Gasteiger partial charge >= 0.3 is 0 Å². The molecule has 0 spiro atoms. The van der Waals surface area contributed by atoms with Gasteiger partial charge in [0.2, 0.25) is 0 Å². The van der Waals surface area contributed by atoms with Crippen LogP contribution in [0.5, 0.6) is 11.5 Å². The van der Waals surface area contributed by atoms with Crippen LogP contribution >= 0.6 is 0 Å². The predicted octanol–water partition coefficient (Wildman–Crippen LogP) is 3.06. The third-order valence-electron chi connectivity index (χ3n) is 3.45. The monoisotopic (exact) mass is 289 g/mol. The molecule has 0 aliphatic rings. The number of benzene rings is 1. The van der Waals surface area contributed by atoms with E-state index in [-0.39, 0.29) is 0 Å². The number of hydrogen-bond donors (Lipinski definition) is 1. The summed E-state index contributed by atoms with van der Waals surface area (Å²) in [5, 5.41) is 3.50. The fraction of sp³-hybridized carbons (Fsp3) is 0.412. The van der Waals surface area contributed by atoms with Crippen LogP contribution in [0.15, 0.2) is 41.0 Å². The van der Waals surface area contributed by atoms with Gasteiger partial charge in [-0.3, -0.25) is 0 Å². The average Bonchev–Trinajstić information content (AvgIpc) is 3.00. The van der Waals surface area contributed by atoms with Crippen LogP contribution in [0.1, 0.15) is 18.2 Å². The minimum absolute atomic E-state index is 0.333. The topological polar surface area (TPSA) is 43.6 Å². The lowest BCUT2D eigenvalue weighted by Gasteiger charge is -2.18. The van der Waals surface area contributed by atoms with Gasteiger partial charge in [0, 0.05) is 12.5 Å². The highest BCUT2D eigenvalue weighted by atomic mass is 16.5. The first-order valence-electron chi connectivity index (χ1n) is 7.23. The molecule has 0 saturated carbocycles. The molecule has 114 valence electrons. The minimum Gasteiger partial charge on any atom is -0.493 e. The molecule has 0 aliphatic carbocycles. The van der Waals surface area contributed by atoms with Crippen LogP contribution in [-0.4, -0.2) is 26.8 Å². The van der Waals surface area contributed by atoms with Crippen LogP contribution in [0.4, 0.5) is 0 Å². The Kier molecular flexibility index (Phi) is 5.69. The Hall–Kier alpha value is -1.94. The highest BCUT2D eigenvalue weighted by Gasteiger charge is 2.13. The summed E-state index contributed by atoms with van der Waals surface area (Å²) in [4.78, 5) is 0. The van der Waals surface area contributed by atoms with Crippen molar-refractivity contribution in [1.82, 2.24) is 5.32 Å². The second-order valence-corrected chi connectivity index (χ2v) is 4.93. The fourth-order valence-corrected chi connectivity index (χ4v) is 2.47. The Balaban J connectivity index is 2.09. The molecule has 1 heterocycles. The zero-order valence-electron chi connectivity index (χ0n) is 12.9. The lowest BCUT2D eigenvalue weighted by Crippen LogP contribution is -2.32. The molecule has 0 amide bonds. The molecule has 1 unspecified atom stereocenters. The van der Waals surface area contributed by atoms with Crippen molar-refractivity contribution in [1.29, 1.82) is 0 Å². The van der Waals surface area contributed by atoms with Gasteiger partial charge in [-0.25, -0.2) is 0 Å². The van der Waals surface area contributed by atoms with Gasteiger partial charge in [0.05, 0.1) is 20.5 Å². The first-order chi connectivity index (χ1) is 10.3. The summed E-state index contributed by atoms with van der Waals surface area (Å²) >= 11 is 0. The maximum Gasteiger partial charge on any atom is 0.160 e. The van der Waals surface area contributed by atoms with Crippen molar-refractivity contribution >= 4 is 0 Å². The van der Waals surface area contributed by atoms with E-state index < -0.39 is 0 Å². The van der Waals surface area contributed by atoms with Gasteiger partial charge in [0.1, 0.15) is 5.76 Å². The van der Waals surface area contributed by atoms with E-state index in [0.717, 1.165) is 36.6 Å². The Morgan fingerprint density at radius 3 is 2.52 bits per heavy atom. The van der Waals surface area contributed by atoms with Crippen LogP contribution in [0, 0.1) is 0 Å². The number of furan rings is 1. The van der Waals surface area contributed by atoms with Crippen LogP contribution in [0.2, 0.25) is 0 Å². The van der Waals surface area contributed by atoms with Crippen molar-refractivity contribution in [3.05, 3.63) is 47.9 Å². The molecule has 1 atom stereocenters. The molecule has 1 aromatic heterocycles. The van der Waals surface area contributed by atoms with E-state index in [1.807, 2.05) is 24.3 Å². The molecule has 0 aliphatic heterocycles. The molecular formula is C17H23NO3.